The summed E-state index contributed by atoms with van der Waals surface area (Å²) in [5.74, 6) is 0.670. The maximum atomic E-state index is 13.4. The largest absolute Gasteiger partial charge is 0.339 e. The van der Waals surface area contributed by atoms with E-state index >= 15 is 0 Å². The highest BCUT2D eigenvalue weighted by Crippen LogP contribution is 2.33. The number of piperidine rings is 1. The van der Waals surface area contributed by atoms with E-state index in [1.165, 1.54) is 0 Å². The van der Waals surface area contributed by atoms with Crippen LogP contribution >= 0.6 is 0 Å². The molecule has 3 aliphatic heterocycles. The lowest BCUT2D eigenvalue weighted by molar-refractivity contribution is -0.122. The van der Waals surface area contributed by atoms with E-state index in [2.05, 4.69) is 6.92 Å². The maximum absolute atomic E-state index is 13.4. The molecule has 0 aliphatic carbocycles. The number of para-hydroxylation sites is 1. The van der Waals surface area contributed by atoms with E-state index in [4.69, 9.17) is 0 Å². The summed E-state index contributed by atoms with van der Waals surface area (Å²) in [6, 6.07) is 14.5. The SMILES string of the molecule is CC1CCN(C(=O)c2ccc(CN3C(=O)C4CCCN4C(=O)c4ccccc43)cc2)CC1. The Labute approximate surface area is 188 Å². The maximum Gasteiger partial charge on any atom is 0.256 e. The average Bonchev–Trinajstić information content (AvgIpc) is 3.30. The first-order valence-corrected chi connectivity index (χ1v) is 11.6. The smallest absolute Gasteiger partial charge is 0.256 e. The van der Waals surface area contributed by atoms with Gasteiger partial charge in [-0.2, -0.15) is 0 Å². The Morgan fingerprint density at radius 2 is 1.66 bits per heavy atom. The summed E-state index contributed by atoms with van der Waals surface area (Å²) < 4.78 is 0. The van der Waals surface area contributed by atoms with E-state index in [-0.39, 0.29) is 17.7 Å². The summed E-state index contributed by atoms with van der Waals surface area (Å²) in [5.41, 5.74) is 2.87. The van der Waals surface area contributed by atoms with Crippen molar-refractivity contribution in [1.29, 1.82) is 0 Å². The molecule has 3 aliphatic rings. The molecule has 2 fully saturated rings. The van der Waals surface area contributed by atoms with Crippen LogP contribution in [0.2, 0.25) is 0 Å². The Balaban J connectivity index is 1.38. The highest BCUT2D eigenvalue weighted by atomic mass is 16.2. The molecule has 166 valence electrons. The van der Waals surface area contributed by atoms with Crippen molar-refractivity contribution < 1.29 is 14.4 Å². The predicted octanol–water partition coefficient (Wildman–Crippen LogP) is 3.71. The third-order valence-electron chi connectivity index (χ3n) is 7.10. The number of nitrogens with zero attached hydrogens (tertiary/aromatic N) is 3. The normalized spacial score (nSPS) is 21.4. The lowest BCUT2D eigenvalue weighted by Gasteiger charge is -2.30. The van der Waals surface area contributed by atoms with Gasteiger partial charge in [0.05, 0.1) is 17.8 Å². The number of likely N-dealkylation sites (tertiary alicyclic amines) is 1. The Bertz CT molecular complexity index is 1040. The van der Waals surface area contributed by atoms with Gasteiger partial charge in [0.25, 0.3) is 11.8 Å². The number of carbonyl (C=O) groups excluding carboxylic acids is 3. The molecule has 32 heavy (non-hydrogen) atoms. The molecule has 0 saturated carbocycles. The van der Waals surface area contributed by atoms with E-state index in [1.807, 2.05) is 47.4 Å². The van der Waals surface area contributed by atoms with Crippen LogP contribution in [-0.2, 0) is 11.3 Å². The molecule has 6 nitrogen and oxygen atoms in total. The Kier molecular flexibility index (Phi) is 5.45. The Morgan fingerprint density at radius 3 is 2.41 bits per heavy atom. The molecule has 2 saturated heterocycles. The monoisotopic (exact) mass is 431 g/mol. The molecule has 0 radical (unpaired) electrons. The fraction of sp³-hybridized carbons (Fsp3) is 0.423. The summed E-state index contributed by atoms with van der Waals surface area (Å²) in [5, 5.41) is 0. The molecule has 0 spiro atoms. The van der Waals surface area contributed by atoms with Gasteiger partial charge >= 0.3 is 0 Å². The molecule has 2 aromatic carbocycles. The van der Waals surface area contributed by atoms with Crippen molar-refractivity contribution in [3.63, 3.8) is 0 Å². The molecule has 0 N–H and O–H groups in total. The molecule has 1 atom stereocenters. The van der Waals surface area contributed by atoms with E-state index in [9.17, 15) is 14.4 Å². The molecule has 2 aromatic rings. The second-order valence-electron chi connectivity index (χ2n) is 9.27. The van der Waals surface area contributed by atoms with Crippen molar-refractivity contribution in [1.82, 2.24) is 9.80 Å². The van der Waals surface area contributed by atoms with Crippen molar-refractivity contribution in [3.8, 4) is 0 Å². The second kappa shape index (κ2) is 8.41. The van der Waals surface area contributed by atoms with Crippen LogP contribution in [0.15, 0.2) is 48.5 Å². The van der Waals surface area contributed by atoms with Crippen molar-refractivity contribution >= 4 is 23.4 Å². The third-order valence-corrected chi connectivity index (χ3v) is 7.10. The van der Waals surface area contributed by atoms with Gasteiger partial charge in [0.1, 0.15) is 6.04 Å². The van der Waals surface area contributed by atoms with Gasteiger partial charge in [0.15, 0.2) is 0 Å². The van der Waals surface area contributed by atoms with Crippen LogP contribution in [0.3, 0.4) is 0 Å². The van der Waals surface area contributed by atoms with E-state index in [0.717, 1.165) is 37.9 Å². The second-order valence-corrected chi connectivity index (χ2v) is 9.27. The Hall–Kier alpha value is -3.15. The first kappa shape index (κ1) is 20.7. The summed E-state index contributed by atoms with van der Waals surface area (Å²) in [6.07, 6.45) is 3.66. The highest BCUT2D eigenvalue weighted by Gasteiger charge is 2.41. The number of hydrogen-bond donors (Lipinski definition) is 0. The number of amides is 3. The molecule has 5 rings (SSSR count). The van der Waals surface area contributed by atoms with Gasteiger partial charge in [-0.05, 0) is 61.4 Å². The highest BCUT2D eigenvalue weighted by molar-refractivity contribution is 6.11. The zero-order valence-corrected chi connectivity index (χ0v) is 18.5. The minimum Gasteiger partial charge on any atom is -0.339 e. The number of rotatable bonds is 3. The quantitative estimate of drug-likeness (QED) is 0.744. The van der Waals surface area contributed by atoms with Crippen molar-refractivity contribution in [2.75, 3.05) is 24.5 Å². The van der Waals surface area contributed by atoms with Crippen LogP contribution in [0, 0.1) is 5.92 Å². The van der Waals surface area contributed by atoms with E-state index in [0.29, 0.717) is 42.2 Å². The minimum absolute atomic E-state index is 0.0246. The zero-order valence-electron chi connectivity index (χ0n) is 18.5. The predicted molar refractivity (Wildman–Crippen MR) is 122 cm³/mol. The van der Waals surface area contributed by atoms with Gasteiger partial charge in [-0.3, -0.25) is 14.4 Å². The Morgan fingerprint density at radius 1 is 0.938 bits per heavy atom. The van der Waals surface area contributed by atoms with Crippen molar-refractivity contribution in [2.24, 2.45) is 5.92 Å². The van der Waals surface area contributed by atoms with Gasteiger partial charge in [-0.25, -0.2) is 0 Å². The molecular weight excluding hydrogens is 402 g/mol. The molecule has 0 aromatic heterocycles. The lowest BCUT2D eigenvalue weighted by Crippen LogP contribution is -2.44. The van der Waals surface area contributed by atoms with Gasteiger partial charge in [-0.15, -0.1) is 0 Å². The summed E-state index contributed by atoms with van der Waals surface area (Å²) >= 11 is 0. The van der Waals surface area contributed by atoms with Gasteiger partial charge in [-0.1, -0.05) is 31.2 Å². The zero-order chi connectivity index (χ0) is 22.2. The van der Waals surface area contributed by atoms with Crippen LogP contribution in [-0.4, -0.2) is 53.2 Å². The third kappa shape index (κ3) is 3.68. The number of benzene rings is 2. The summed E-state index contributed by atoms with van der Waals surface area (Å²) in [6.45, 7) is 4.86. The topological polar surface area (TPSA) is 60.9 Å². The van der Waals surface area contributed by atoms with Crippen LogP contribution in [0.1, 0.15) is 58.9 Å². The molecule has 0 bridgehead atoms. The van der Waals surface area contributed by atoms with E-state index < -0.39 is 6.04 Å². The number of fused-ring (bicyclic) bond motifs is 2. The molecule has 3 heterocycles. The summed E-state index contributed by atoms with van der Waals surface area (Å²) in [7, 11) is 0. The molecular formula is C26H29N3O3. The van der Waals surface area contributed by atoms with Crippen molar-refractivity contribution in [3.05, 3.63) is 65.2 Å². The molecule has 6 heteroatoms. The summed E-state index contributed by atoms with van der Waals surface area (Å²) in [4.78, 5) is 44.7. The van der Waals surface area contributed by atoms with Crippen molar-refractivity contribution in [2.45, 2.75) is 45.2 Å². The number of carbonyl (C=O) groups is 3. The van der Waals surface area contributed by atoms with Gasteiger partial charge in [0, 0.05) is 25.2 Å². The standard InChI is InChI=1S/C26H29N3O3/c1-18-12-15-27(16-13-18)24(30)20-10-8-19(9-11-20)17-29-22-6-3-2-5-21(22)25(31)28-14-4-7-23(28)26(29)32/h2-3,5-6,8-11,18,23H,4,7,12-17H2,1H3. The van der Waals surface area contributed by atoms with Crippen LogP contribution < -0.4 is 4.90 Å². The van der Waals surface area contributed by atoms with Crippen LogP contribution in [0.5, 0.6) is 0 Å². The first-order valence-electron chi connectivity index (χ1n) is 11.6. The lowest BCUT2D eigenvalue weighted by atomic mass is 9.98. The first-order chi connectivity index (χ1) is 15.5. The van der Waals surface area contributed by atoms with Gasteiger partial charge in [0.2, 0.25) is 5.91 Å². The van der Waals surface area contributed by atoms with Crippen LogP contribution in [0.4, 0.5) is 5.69 Å². The molecule has 1 unspecified atom stereocenters. The van der Waals surface area contributed by atoms with Crippen LogP contribution in [0.25, 0.3) is 0 Å². The minimum atomic E-state index is -0.391. The van der Waals surface area contributed by atoms with Gasteiger partial charge < -0.3 is 14.7 Å². The molecule has 3 amide bonds. The fourth-order valence-corrected chi connectivity index (χ4v) is 5.10. The number of hydrogen-bond acceptors (Lipinski definition) is 3. The fourth-order valence-electron chi connectivity index (χ4n) is 5.10. The average molecular weight is 432 g/mol. The number of anilines is 1. The van der Waals surface area contributed by atoms with E-state index in [1.54, 1.807) is 15.9 Å².